The molecule has 4 unspecified atom stereocenters. The molecule has 788 valence electrons. The summed E-state index contributed by atoms with van der Waals surface area (Å²) >= 11 is 0. The van der Waals surface area contributed by atoms with E-state index in [4.69, 9.17) is 56.9 Å². The zero-order valence-corrected chi connectivity index (χ0v) is 89.0. The van der Waals surface area contributed by atoms with Gasteiger partial charge < -0.3 is 78.7 Å². The summed E-state index contributed by atoms with van der Waals surface area (Å²) in [5.41, 5.74) is 5.68. The van der Waals surface area contributed by atoms with Crippen molar-refractivity contribution in [1.82, 2.24) is 26.6 Å². The number of benzene rings is 6. The molecule has 0 spiro atoms. The average Bonchev–Trinajstić information content (AvgIpc) is 0.807. The number of rotatable bonds is 72. The van der Waals surface area contributed by atoms with E-state index in [9.17, 15) is 19.2 Å². The Morgan fingerprint density at radius 1 is 0.355 bits per heavy atom. The van der Waals surface area contributed by atoms with E-state index in [0.29, 0.717) is 65.3 Å². The fourth-order valence-corrected chi connectivity index (χ4v) is 18.3. The first kappa shape index (κ1) is 121. The molecule has 6 aromatic rings. The maximum absolute atomic E-state index is 14.1. The number of carbonyl (C=O) groups is 4. The standard InChI is InChI=1S/C62H99N3O7.C55H84N2O8.C2H3NO/c1-6-8-10-12-14-16-17-18-19-21-23-34-42-57(69-46-54-38-30-26-31-39-54)60(70-47-55-40-32-27-33-41-55)56(65-59(66)44-64-62(67)63-43-35-24-22-20-15-13-11-9-7-2)48-71-61-52(5)50(3)51(4)58(72-61)49-68-45-53-36-28-25-29-37-53;1-8-9-10-11-12-13-14-15-16-17-18-28-35-49(61-38-46-31-24-20-25-32-46)52(62-39-47-33-26-21-27-34-47)48(57-51(58)36-56-54(59)65-55(5,6)7)40-63-53-44(4)42(2)43(3)50(64-53)41-60-37-45-29-22-19-23-30-45;1-3-2-4/h25-33,36-41,50-52,56-58,60-61H,6-24,34-35,42-49H2,1-5H3,(H,65,66)(H2,63,64,67);19-27,29-34,42-44,48-50,52-53H,8-18,28,35-41H2,1-7H3,(H,56,59)(H,57,58);1H3/t50-,51+,52?,56-,57+,58?,60-,61-;42-,43+,44?,48-,49+,50?,52-,53-;/m00./s1. The fourth-order valence-electron chi connectivity index (χ4n) is 18.3. The number of isocyanates is 1. The molecule has 0 aromatic heterocycles. The van der Waals surface area contributed by atoms with Crippen LogP contribution in [0.3, 0.4) is 0 Å². The Morgan fingerprint density at radius 3 is 0.929 bits per heavy atom. The van der Waals surface area contributed by atoms with Crippen LogP contribution in [0.5, 0.6) is 0 Å². The van der Waals surface area contributed by atoms with E-state index in [-0.39, 0.29) is 86.1 Å². The minimum absolute atomic E-state index is 0.0652. The zero-order valence-electron chi connectivity index (χ0n) is 89.0. The van der Waals surface area contributed by atoms with Crippen LogP contribution in [0.4, 0.5) is 9.59 Å². The molecule has 0 radical (unpaired) electrons. The van der Waals surface area contributed by atoms with E-state index in [1.807, 2.05) is 121 Å². The van der Waals surface area contributed by atoms with Crippen LogP contribution in [0.15, 0.2) is 187 Å². The second-order valence-corrected chi connectivity index (χ2v) is 40.4. The molecule has 2 heterocycles. The number of amides is 5. The molecular weight excluding hydrogens is 1770 g/mol. The van der Waals surface area contributed by atoms with Crippen molar-refractivity contribution in [3.63, 3.8) is 0 Å². The summed E-state index contributed by atoms with van der Waals surface area (Å²) in [5.74, 6) is 0.482. The van der Waals surface area contributed by atoms with Crippen molar-refractivity contribution < 1.29 is 76.1 Å². The highest BCUT2D eigenvalue weighted by Gasteiger charge is 2.44. The van der Waals surface area contributed by atoms with Gasteiger partial charge in [0.25, 0.3) is 0 Å². The first-order chi connectivity index (χ1) is 68.6. The first-order valence-corrected chi connectivity index (χ1v) is 54.6. The topological polar surface area (TPSA) is 259 Å². The molecule has 2 fully saturated rings. The number of carbonyl (C=O) groups excluding carboxylic acids is 5. The number of urea groups is 1. The number of unbranched alkanes of at least 4 members (excludes halogenated alkanes) is 30. The van der Waals surface area contributed by atoms with Crippen molar-refractivity contribution >= 4 is 30.0 Å². The molecule has 5 amide bonds. The van der Waals surface area contributed by atoms with Gasteiger partial charge in [-0.15, -0.1) is 0 Å². The van der Waals surface area contributed by atoms with Gasteiger partial charge in [-0.3, -0.25) is 9.59 Å². The molecule has 2 aliphatic heterocycles. The summed E-state index contributed by atoms with van der Waals surface area (Å²) in [6.45, 7) is 29.1. The molecule has 22 heteroatoms. The average molecular weight is 1960 g/mol. The third-order valence-electron chi connectivity index (χ3n) is 27.6. The van der Waals surface area contributed by atoms with Gasteiger partial charge >= 0.3 is 12.1 Å². The van der Waals surface area contributed by atoms with Crippen LogP contribution >= 0.6 is 0 Å². The van der Waals surface area contributed by atoms with Gasteiger partial charge in [0.1, 0.15) is 24.4 Å². The van der Waals surface area contributed by atoms with Gasteiger partial charge in [-0.25, -0.2) is 19.4 Å². The number of alkyl carbamates (subject to hydrolysis) is 1. The van der Waals surface area contributed by atoms with E-state index in [1.54, 1.807) is 20.8 Å². The smallest absolute Gasteiger partial charge is 0.408 e. The van der Waals surface area contributed by atoms with E-state index >= 15 is 0 Å². The highest BCUT2D eigenvalue weighted by Crippen LogP contribution is 2.39. The lowest BCUT2D eigenvalue weighted by atomic mass is 9.79. The van der Waals surface area contributed by atoms with Crippen LogP contribution in [0.2, 0.25) is 0 Å². The van der Waals surface area contributed by atoms with Gasteiger partial charge in [0.05, 0.1) is 109 Å². The van der Waals surface area contributed by atoms with Crippen molar-refractivity contribution in [2.75, 3.05) is 53.1 Å². The lowest BCUT2D eigenvalue weighted by Gasteiger charge is -2.44. The van der Waals surface area contributed by atoms with Gasteiger partial charge in [0.2, 0.25) is 17.9 Å². The normalized spacial score (nSPS) is 19.2. The molecule has 22 nitrogen and oxygen atoms in total. The molecule has 2 saturated heterocycles. The maximum Gasteiger partial charge on any atom is 0.408 e. The van der Waals surface area contributed by atoms with Crippen molar-refractivity contribution in [2.45, 2.75) is 414 Å². The molecule has 0 bridgehead atoms. The molecule has 8 rings (SSSR count). The molecule has 16 atom stereocenters. The molecule has 6 aromatic carbocycles. The predicted octanol–water partition coefficient (Wildman–Crippen LogP) is 26.5. The second kappa shape index (κ2) is 76.4. The minimum Gasteiger partial charge on any atom is -0.444 e. The van der Waals surface area contributed by atoms with Crippen LogP contribution in [0.25, 0.3) is 0 Å². The largest absolute Gasteiger partial charge is 0.444 e. The molecule has 141 heavy (non-hydrogen) atoms. The second-order valence-electron chi connectivity index (χ2n) is 40.4. The number of hydrogen-bond acceptors (Lipinski definition) is 17. The summed E-state index contributed by atoms with van der Waals surface area (Å²) in [7, 11) is 1.38. The number of hydrogen-bond donors (Lipinski definition) is 5. The molecule has 5 N–H and O–H groups in total. The van der Waals surface area contributed by atoms with E-state index in [0.717, 1.165) is 84.7 Å². The number of nitrogens with zero attached hydrogens (tertiary/aromatic N) is 1. The van der Waals surface area contributed by atoms with Crippen LogP contribution in [0, 0.1) is 35.5 Å². The van der Waals surface area contributed by atoms with Crippen LogP contribution in [-0.2, 0) is 106 Å². The number of ether oxygens (including phenoxy) is 11. The van der Waals surface area contributed by atoms with Crippen molar-refractivity contribution in [2.24, 2.45) is 40.5 Å². The van der Waals surface area contributed by atoms with Gasteiger partial charge in [0, 0.05) is 25.4 Å². The Hall–Kier alpha value is -8.22. The summed E-state index contributed by atoms with van der Waals surface area (Å²) < 4.78 is 72.7. The van der Waals surface area contributed by atoms with E-state index < -0.39 is 60.6 Å². The van der Waals surface area contributed by atoms with Crippen LogP contribution in [0.1, 0.15) is 341 Å². The van der Waals surface area contributed by atoms with Crippen molar-refractivity contribution in [3.05, 3.63) is 215 Å². The van der Waals surface area contributed by atoms with Crippen molar-refractivity contribution in [1.29, 1.82) is 0 Å². The Balaban J connectivity index is 0.000000418. The third kappa shape index (κ3) is 54.5. The summed E-state index contributed by atoms with van der Waals surface area (Å²) in [6, 6.07) is 59.3. The summed E-state index contributed by atoms with van der Waals surface area (Å²) in [6.07, 6.45) is 39.7. The Kier molecular flexibility index (Phi) is 65.8. The maximum atomic E-state index is 14.1. The van der Waals surface area contributed by atoms with Gasteiger partial charge in [0.15, 0.2) is 12.6 Å². The van der Waals surface area contributed by atoms with E-state index in [2.05, 4.69) is 155 Å². The summed E-state index contributed by atoms with van der Waals surface area (Å²) in [5, 5.41) is 14.9. The summed E-state index contributed by atoms with van der Waals surface area (Å²) in [4.78, 5) is 65.5. The Bertz CT molecular complexity index is 4120. The quantitative estimate of drug-likeness (QED) is 0.0135. The predicted molar refractivity (Wildman–Crippen MR) is 569 cm³/mol. The highest BCUT2D eigenvalue weighted by atomic mass is 16.7. The Morgan fingerprint density at radius 2 is 0.631 bits per heavy atom. The number of nitrogens with one attached hydrogen (secondary N) is 5. The van der Waals surface area contributed by atoms with Crippen molar-refractivity contribution in [3.8, 4) is 0 Å². The van der Waals surface area contributed by atoms with Gasteiger partial charge in [-0.05, 0) is 97.1 Å². The molecule has 0 aliphatic carbocycles. The molecule has 0 saturated carbocycles. The number of aliphatic imine (C=N–C) groups is 1. The minimum atomic E-state index is -0.708. The monoisotopic (exact) mass is 1960 g/mol. The van der Waals surface area contributed by atoms with Gasteiger partial charge in [-0.2, -0.15) is 0 Å². The molecule has 2 aliphatic rings. The lowest BCUT2D eigenvalue weighted by Crippen LogP contribution is -2.56. The van der Waals surface area contributed by atoms with Gasteiger partial charge in [-0.1, -0.05) is 450 Å². The lowest BCUT2D eigenvalue weighted by molar-refractivity contribution is -0.262. The Labute approximate surface area is 851 Å². The van der Waals surface area contributed by atoms with E-state index in [1.165, 1.54) is 186 Å². The molecular formula is C119H186N6O16. The third-order valence-corrected chi connectivity index (χ3v) is 27.6. The fraction of sp³-hybridized carbons (Fsp3) is 0.655. The van der Waals surface area contributed by atoms with Crippen LogP contribution in [-0.4, -0.2) is 150 Å². The zero-order chi connectivity index (χ0) is 101. The highest BCUT2D eigenvalue weighted by molar-refractivity contribution is 5.84. The first-order valence-electron chi connectivity index (χ1n) is 54.6. The van der Waals surface area contributed by atoms with Crippen LogP contribution < -0.4 is 26.6 Å². The SMILES string of the molecule is CCCCCCCCCCCCCC[C@@H](OCc1ccccc1)[C@@H](OCc1ccccc1)[C@H](CO[C@H]1OC(COCc2ccccc2)[C@H](C)[C@H](C)C1C)NC(=O)CNC(=O)NCCCCCCCCCCC.CCCCCCCCCCCCCC[C@@H](OCc1ccccc1)[C@@H](OCc1ccccc1)[C@H](CO[C@H]1OC(COCc2ccccc2)[C@H](C)[C@H](C)C1C)NC(=O)CNC(=O)OC(C)(C)C.CN=C=O.